The van der Waals surface area contributed by atoms with Crippen molar-refractivity contribution < 1.29 is 4.79 Å². The van der Waals surface area contributed by atoms with Gasteiger partial charge in [-0.2, -0.15) is 0 Å². The van der Waals surface area contributed by atoms with Gasteiger partial charge in [-0.1, -0.05) is 24.6 Å². The van der Waals surface area contributed by atoms with Crippen LogP contribution in [0.5, 0.6) is 0 Å². The first-order chi connectivity index (χ1) is 11.7. The first kappa shape index (κ1) is 16.6. The fraction of sp³-hybridized carbons (Fsp3) is 0.474. The molecular weight excluding hydrogens is 300 g/mol. The summed E-state index contributed by atoms with van der Waals surface area (Å²) < 4.78 is 2.26. The van der Waals surface area contributed by atoms with Crippen LogP contribution < -0.4 is 5.32 Å². The highest BCUT2D eigenvalue weighted by Crippen LogP contribution is 2.21. The standard InChI is InChI=1S/C19H26N4O/c1-3-18-20-10-13-23(18)14-16-8-11-22(12-9-16)19(24)21-17-6-4-15(2)5-7-17/h4-7,10,13,16H,3,8-9,11-12,14H2,1-2H3,(H,21,24). The second kappa shape index (κ2) is 7.51. The Kier molecular flexibility index (Phi) is 5.18. The first-order valence-corrected chi connectivity index (χ1v) is 8.78. The second-order valence-corrected chi connectivity index (χ2v) is 6.58. The van der Waals surface area contributed by atoms with Crippen molar-refractivity contribution in [3.8, 4) is 0 Å². The third kappa shape index (κ3) is 3.96. The van der Waals surface area contributed by atoms with Crippen LogP contribution in [0, 0.1) is 12.8 Å². The molecule has 1 N–H and O–H groups in total. The lowest BCUT2D eigenvalue weighted by Gasteiger charge is -2.32. The Morgan fingerprint density at radius 3 is 2.62 bits per heavy atom. The predicted molar refractivity (Wildman–Crippen MR) is 96.1 cm³/mol. The van der Waals surface area contributed by atoms with E-state index in [1.54, 1.807) is 0 Å². The average Bonchev–Trinajstić information content (AvgIpc) is 3.04. The lowest BCUT2D eigenvalue weighted by Crippen LogP contribution is -2.41. The Morgan fingerprint density at radius 2 is 1.96 bits per heavy atom. The number of imidazole rings is 1. The Hall–Kier alpha value is -2.30. The summed E-state index contributed by atoms with van der Waals surface area (Å²) in [5.74, 6) is 1.77. The van der Waals surface area contributed by atoms with Crippen molar-refractivity contribution in [3.63, 3.8) is 0 Å². The van der Waals surface area contributed by atoms with Crippen LogP contribution in [0.2, 0.25) is 0 Å². The molecule has 0 saturated carbocycles. The highest BCUT2D eigenvalue weighted by molar-refractivity contribution is 5.89. The molecule has 5 nitrogen and oxygen atoms in total. The molecule has 1 saturated heterocycles. The molecule has 0 bridgehead atoms. The summed E-state index contributed by atoms with van der Waals surface area (Å²) in [5.41, 5.74) is 2.05. The largest absolute Gasteiger partial charge is 0.335 e. The number of amides is 2. The third-order valence-electron chi connectivity index (χ3n) is 4.78. The van der Waals surface area contributed by atoms with Crippen molar-refractivity contribution in [2.45, 2.75) is 39.7 Å². The summed E-state index contributed by atoms with van der Waals surface area (Å²) in [6.07, 6.45) is 6.99. The summed E-state index contributed by atoms with van der Waals surface area (Å²) in [7, 11) is 0. The van der Waals surface area contributed by atoms with E-state index in [1.165, 1.54) is 5.56 Å². The molecule has 128 valence electrons. The third-order valence-corrected chi connectivity index (χ3v) is 4.78. The molecule has 2 heterocycles. The summed E-state index contributed by atoms with van der Waals surface area (Å²) in [6, 6.07) is 7.93. The quantitative estimate of drug-likeness (QED) is 0.931. The molecule has 1 aromatic heterocycles. The van der Waals surface area contributed by atoms with Crippen LogP contribution in [0.4, 0.5) is 10.5 Å². The van der Waals surface area contributed by atoms with Gasteiger partial charge in [0.25, 0.3) is 0 Å². The monoisotopic (exact) mass is 326 g/mol. The first-order valence-electron chi connectivity index (χ1n) is 8.78. The minimum Gasteiger partial charge on any atom is -0.335 e. The Balaban J connectivity index is 1.49. The number of rotatable bonds is 4. The van der Waals surface area contributed by atoms with E-state index in [0.29, 0.717) is 5.92 Å². The summed E-state index contributed by atoms with van der Waals surface area (Å²) in [5, 5.41) is 2.99. The van der Waals surface area contributed by atoms with Crippen molar-refractivity contribution in [1.29, 1.82) is 0 Å². The number of carbonyl (C=O) groups excluding carboxylic acids is 1. The molecule has 0 radical (unpaired) electrons. The van der Waals surface area contributed by atoms with E-state index in [4.69, 9.17) is 0 Å². The van der Waals surface area contributed by atoms with E-state index in [1.807, 2.05) is 42.3 Å². The van der Waals surface area contributed by atoms with E-state index in [0.717, 1.165) is 50.4 Å². The maximum absolute atomic E-state index is 12.4. The maximum Gasteiger partial charge on any atom is 0.321 e. The van der Waals surface area contributed by atoms with Crippen LogP contribution in [-0.2, 0) is 13.0 Å². The summed E-state index contributed by atoms with van der Waals surface area (Å²) in [6.45, 7) is 6.82. The van der Waals surface area contributed by atoms with E-state index in [2.05, 4.69) is 28.0 Å². The zero-order valence-electron chi connectivity index (χ0n) is 14.5. The summed E-state index contributed by atoms with van der Waals surface area (Å²) in [4.78, 5) is 18.7. The molecule has 1 aliphatic rings. The molecule has 0 unspecified atom stereocenters. The van der Waals surface area contributed by atoms with Gasteiger partial charge in [0.05, 0.1) is 0 Å². The highest BCUT2D eigenvalue weighted by Gasteiger charge is 2.23. The van der Waals surface area contributed by atoms with E-state index in [-0.39, 0.29) is 6.03 Å². The minimum atomic E-state index is 0.00850. The molecule has 0 atom stereocenters. The van der Waals surface area contributed by atoms with E-state index >= 15 is 0 Å². The van der Waals surface area contributed by atoms with Crippen molar-refractivity contribution in [2.24, 2.45) is 5.92 Å². The predicted octanol–water partition coefficient (Wildman–Crippen LogP) is 3.70. The highest BCUT2D eigenvalue weighted by atomic mass is 16.2. The van der Waals surface area contributed by atoms with Crippen LogP contribution in [0.15, 0.2) is 36.7 Å². The van der Waals surface area contributed by atoms with Gasteiger partial charge < -0.3 is 14.8 Å². The van der Waals surface area contributed by atoms with Crippen LogP contribution >= 0.6 is 0 Å². The van der Waals surface area contributed by atoms with Crippen molar-refractivity contribution in [2.75, 3.05) is 18.4 Å². The topological polar surface area (TPSA) is 50.2 Å². The normalized spacial score (nSPS) is 15.5. The van der Waals surface area contributed by atoms with Gasteiger partial charge in [-0.15, -0.1) is 0 Å². The number of benzene rings is 1. The Bertz CT molecular complexity index is 669. The molecule has 2 amide bonds. The van der Waals surface area contributed by atoms with E-state index in [9.17, 15) is 4.79 Å². The SMILES string of the molecule is CCc1nccn1CC1CCN(C(=O)Nc2ccc(C)cc2)CC1. The van der Waals surface area contributed by atoms with Crippen LogP contribution in [0.3, 0.4) is 0 Å². The second-order valence-electron chi connectivity index (χ2n) is 6.58. The van der Waals surface area contributed by atoms with Gasteiger partial charge in [-0.05, 0) is 37.8 Å². The van der Waals surface area contributed by atoms with E-state index < -0.39 is 0 Å². The number of hydrogen-bond acceptors (Lipinski definition) is 2. The Morgan fingerprint density at radius 1 is 1.25 bits per heavy atom. The number of aryl methyl sites for hydroxylation is 2. The maximum atomic E-state index is 12.4. The molecule has 2 aromatic rings. The van der Waals surface area contributed by atoms with Crippen LogP contribution in [0.1, 0.15) is 31.2 Å². The number of carbonyl (C=O) groups is 1. The molecule has 1 aliphatic heterocycles. The van der Waals surface area contributed by atoms with Crippen molar-refractivity contribution in [1.82, 2.24) is 14.5 Å². The van der Waals surface area contributed by atoms with Crippen LogP contribution in [-0.4, -0.2) is 33.6 Å². The molecule has 3 rings (SSSR count). The average molecular weight is 326 g/mol. The van der Waals surface area contributed by atoms with Crippen molar-refractivity contribution in [3.05, 3.63) is 48.0 Å². The molecule has 1 fully saturated rings. The summed E-state index contributed by atoms with van der Waals surface area (Å²) >= 11 is 0. The molecule has 1 aromatic carbocycles. The van der Waals surface area contributed by atoms with Gasteiger partial charge >= 0.3 is 6.03 Å². The number of nitrogens with zero attached hydrogens (tertiary/aromatic N) is 3. The molecule has 24 heavy (non-hydrogen) atoms. The zero-order chi connectivity index (χ0) is 16.9. The molecule has 0 aliphatic carbocycles. The number of likely N-dealkylation sites (tertiary alicyclic amines) is 1. The van der Waals surface area contributed by atoms with Crippen molar-refractivity contribution >= 4 is 11.7 Å². The van der Waals surface area contributed by atoms with Gasteiger partial charge in [0.2, 0.25) is 0 Å². The number of aromatic nitrogens is 2. The zero-order valence-corrected chi connectivity index (χ0v) is 14.5. The number of nitrogens with one attached hydrogen (secondary N) is 1. The number of anilines is 1. The Labute approximate surface area is 143 Å². The minimum absolute atomic E-state index is 0.00850. The van der Waals surface area contributed by atoms with Gasteiger partial charge in [-0.3, -0.25) is 0 Å². The lowest BCUT2D eigenvalue weighted by atomic mass is 9.97. The lowest BCUT2D eigenvalue weighted by molar-refractivity contribution is 0.176. The van der Waals surface area contributed by atoms with Gasteiger partial charge in [0.15, 0.2) is 0 Å². The smallest absolute Gasteiger partial charge is 0.321 e. The molecule has 5 heteroatoms. The number of hydrogen-bond donors (Lipinski definition) is 1. The van der Waals surface area contributed by atoms with Gasteiger partial charge in [0, 0.05) is 44.1 Å². The fourth-order valence-electron chi connectivity index (χ4n) is 3.26. The van der Waals surface area contributed by atoms with Gasteiger partial charge in [-0.25, -0.2) is 9.78 Å². The molecular formula is C19H26N4O. The van der Waals surface area contributed by atoms with Crippen LogP contribution in [0.25, 0.3) is 0 Å². The number of piperidine rings is 1. The fourth-order valence-corrected chi connectivity index (χ4v) is 3.26. The number of urea groups is 1. The molecule has 0 spiro atoms. The van der Waals surface area contributed by atoms with Gasteiger partial charge in [0.1, 0.15) is 5.82 Å².